The largest absolute Gasteiger partial charge is 0.351 e. The van der Waals surface area contributed by atoms with Crippen molar-refractivity contribution in [2.75, 3.05) is 11.2 Å². The number of aromatic nitrogens is 2. The molecule has 2 aromatic rings. The number of fused-ring (bicyclic) bond motifs is 1. The third-order valence-electron chi connectivity index (χ3n) is 6.75. The zero-order valence-corrected chi connectivity index (χ0v) is 20.4. The molecular weight excluding hydrogens is 420 g/mol. The fraction of sp³-hybridized carbons (Fsp3) is 0.560. The number of carbonyl (C=O) groups is 2. The van der Waals surface area contributed by atoms with Crippen molar-refractivity contribution in [2.24, 2.45) is 0 Å². The molecule has 1 aliphatic carbocycles. The molecule has 6 nitrogen and oxygen atoms in total. The average molecular weight is 455 g/mol. The van der Waals surface area contributed by atoms with Crippen molar-refractivity contribution in [3.05, 3.63) is 41.7 Å². The highest BCUT2D eigenvalue weighted by Crippen LogP contribution is 2.35. The van der Waals surface area contributed by atoms with Crippen LogP contribution in [0.1, 0.15) is 81.4 Å². The zero-order valence-electron chi connectivity index (χ0n) is 19.6. The van der Waals surface area contributed by atoms with Crippen LogP contribution in [-0.2, 0) is 11.3 Å². The number of hydrogen-bond acceptors (Lipinski definition) is 4. The van der Waals surface area contributed by atoms with E-state index in [0.717, 1.165) is 42.0 Å². The maximum absolute atomic E-state index is 13.8. The molecule has 2 heterocycles. The van der Waals surface area contributed by atoms with Crippen molar-refractivity contribution >= 4 is 29.3 Å². The second-order valence-electron chi connectivity index (χ2n) is 9.54. The van der Waals surface area contributed by atoms with Crippen molar-refractivity contribution in [3.8, 4) is 0 Å². The van der Waals surface area contributed by atoms with Gasteiger partial charge in [0.15, 0.2) is 0 Å². The molecule has 2 amide bonds. The Morgan fingerprint density at radius 2 is 1.91 bits per heavy atom. The quantitative estimate of drug-likeness (QED) is 0.511. The van der Waals surface area contributed by atoms with E-state index in [2.05, 4.69) is 24.3 Å². The summed E-state index contributed by atoms with van der Waals surface area (Å²) in [5, 5.41) is 7.99. The molecule has 1 saturated carbocycles. The van der Waals surface area contributed by atoms with Crippen molar-refractivity contribution in [1.29, 1.82) is 0 Å². The first kappa shape index (κ1) is 22.9. The van der Waals surface area contributed by atoms with Gasteiger partial charge >= 0.3 is 0 Å². The molecule has 32 heavy (non-hydrogen) atoms. The molecule has 1 atom stereocenters. The van der Waals surface area contributed by atoms with Crippen molar-refractivity contribution in [3.63, 3.8) is 0 Å². The summed E-state index contributed by atoms with van der Waals surface area (Å²) in [5.74, 6) is -0.0628. The number of thioether (sulfide) groups is 1. The Morgan fingerprint density at radius 3 is 2.56 bits per heavy atom. The Kier molecular flexibility index (Phi) is 6.65. The van der Waals surface area contributed by atoms with Crippen LogP contribution in [0.2, 0.25) is 0 Å². The normalized spacial score (nSPS) is 22.0. The number of carbonyl (C=O) groups excluding carboxylic acids is 2. The number of anilines is 1. The van der Waals surface area contributed by atoms with Crippen molar-refractivity contribution in [1.82, 2.24) is 15.1 Å². The van der Waals surface area contributed by atoms with Crippen LogP contribution in [0, 0.1) is 0 Å². The minimum atomic E-state index is -1.06. The molecule has 1 aromatic heterocycles. The summed E-state index contributed by atoms with van der Waals surface area (Å²) in [6.45, 7) is 6.35. The van der Waals surface area contributed by atoms with E-state index in [-0.39, 0.29) is 23.8 Å². The lowest BCUT2D eigenvalue weighted by Crippen LogP contribution is -2.65. The molecule has 1 unspecified atom stereocenters. The molecule has 1 aliphatic heterocycles. The Labute approximate surface area is 195 Å². The van der Waals surface area contributed by atoms with Crippen LogP contribution in [0.3, 0.4) is 0 Å². The van der Waals surface area contributed by atoms with Gasteiger partial charge in [0.25, 0.3) is 5.91 Å². The van der Waals surface area contributed by atoms with Crippen LogP contribution in [0.15, 0.2) is 35.2 Å². The van der Waals surface area contributed by atoms with E-state index in [0.29, 0.717) is 12.2 Å². The number of nitrogens with one attached hydrogen (secondary N) is 1. The van der Waals surface area contributed by atoms with Gasteiger partial charge in [-0.25, -0.2) is 0 Å². The van der Waals surface area contributed by atoms with Gasteiger partial charge in [-0.3, -0.25) is 19.2 Å². The lowest BCUT2D eigenvalue weighted by Gasteiger charge is -2.43. The Bertz CT molecular complexity index is 994. The van der Waals surface area contributed by atoms with Gasteiger partial charge in [-0.2, -0.15) is 5.10 Å². The average Bonchev–Trinajstić information content (AvgIpc) is 3.03. The van der Waals surface area contributed by atoms with Gasteiger partial charge in [0.1, 0.15) is 11.2 Å². The van der Waals surface area contributed by atoms with Gasteiger partial charge in [0.05, 0.1) is 12.2 Å². The molecule has 172 valence electrons. The molecule has 1 aromatic carbocycles. The van der Waals surface area contributed by atoms with Gasteiger partial charge in [-0.1, -0.05) is 45.6 Å². The predicted octanol–water partition coefficient (Wildman–Crippen LogP) is 4.99. The van der Waals surface area contributed by atoms with E-state index in [4.69, 9.17) is 0 Å². The maximum Gasteiger partial charge on any atom is 0.277 e. The fourth-order valence-corrected chi connectivity index (χ4v) is 5.26. The van der Waals surface area contributed by atoms with Gasteiger partial charge in [-0.15, -0.1) is 11.8 Å². The highest BCUT2D eigenvalue weighted by molar-refractivity contribution is 7.98. The highest BCUT2D eigenvalue weighted by atomic mass is 32.2. The van der Waals surface area contributed by atoms with E-state index in [1.54, 1.807) is 21.3 Å². The SMILES string of the molecule is CSc1cccc(N2C(=O)c3cc(C(C)C)nn3CC2(C)C(=O)NC2CCCCCC2)c1. The van der Waals surface area contributed by atoms with Crippen LogP contribution in [0.4, 0.5) is 5.69 Å². The van der Waals surface area contributed by atoms with E-state index in [1.807, 2.05) is 43.5 Å². The summed E-state index contributed by atoms with van der Waals surface area (Å²) < 4.78 is 1.74. The van der Waals surface area contributed by atoms with Crippen LogP contribution < -0.4 is 10.2 Å². The van der Waals surface area contributed by atoms with E-state index in [1.165, 1.54) is 12.8 Å². The summed E-state index contributed by atoms with van der Waals surface area (Å²) in [7, 11) is 0. The molecular formula is C25H34N4O2S. The van der Waals surface area contributed by atoms with Gasteiger partial charge in [0.2, 0.25) is 5.91 Å². The lowest BCUT2D eigenvalue weighted by molar-refractivity contribution is -0.127. The third-order valence-corrected chi connectivity index (χ3v) is 7.48. The Hall–Kier alpha value is -2.28. The van der Waals surface area contributed by atoms with Crippen molar-refractivity contribution in [2.45, 2.75) is 88.2 Å². The lowest BCUT2D eigenvalue weighted by atomic mass is 9.93. The molecule has 2 aliphatic rings. The first-order valence-corrected chi connectivity index (χ1v) is 12.9. The first-order chi connectivity index (χ1) is 15.3. The van der Waals surface area contributed by atoms with Gasteiger partial charge < -0.3 is 5.32 Å². The van der Waals surface area contributed by atoms with E-state index in [9.17, 15) is 9.59 Å². The minimum absolute atomic E-state index is 0.0976. The minimum Gasteiger partial charge on any atom is -0.351 e. The monoisotopic (exact) mass is 454 g/mol. The molecule has 7 heteroatoms. The number of nitrogens with zero attached hydrogens (tertiary/aromatic N) is 3. The maximum atomic E-state index is 13.8. The second kappa shape index (κ2) is 9.30. The summed E-state index contributed by atoms with van der Waals surface area (Å²) >= 11 is 1.63. The van der Waals surface area contributed by atoms with Crippen LogP contribution in [0.25, 0.3) is 0 Å². The highest BCUT2D eigenvalue weighted by Gasteiger charge is 2.49. The molecule has 0 bridgehead atoms. The third kappa shape index (κ3) is 4.32. The second-order valence-corrected chi connectivity index (χ2v) is 10.4. The van der Waals surface area contributed by atoms with Crippen LogP contribution in [0.5, 0.6) is 0 Å². The zero-order chi connectivity index (χ0) is 22.9. The number of hydrogen-bond donors (Lipinski definition) is 1. The van der Waals surface area contributed by atoms with Gasteiger partial charge in [0, 0.05) is 16.6 Å². The fourth-order valence-electron chi connectivity index (χ4n) is 4.80. The number of rotatable bonds is 5. The summed E-state index contributed by atoms with van der Waals surface area (Å²) in [6.07, 6.45) is 8.75. The molecule has 1 fully saturated rings. The van der Waals surface area contributed by atoms with E-state index >= 15 is 0 Å². The smallest absolute Gasteiger partial charge is 0.277 e. The Morgan fingerprint density at radius 1 is 1.19 bits per heavy atom. The van der Waals surface area contributed by atoms with Crippen LogP contribution >= 0.6 is 11.8 Å². The van der Waals surface area contributed by atoms with E-state index < -0.39 is 5.54 Å². The molecule has 0 radical (unpaired) electrons. The number of amides is 2. The molecule has 1 N–H and O–H groups in total. The van der Waals surface area contributed by atoms with Gasteiger partial charge in [-0.05, 0) is 56.2 Å². The summed E-state index contributed by atoms with van der Waals surface area (Å²) in [6, 6.07) is 9.93. The molecule has 0 spiro atoms. The van der Waals surface area contributed by atoms with Crippen LogP contribution in [-0.4, -0.2) is 39.4 Å². The summed E-state index contributed by atoms with van der Waals surface area (Å²) in [4.78, 5) is 30.3. The first-order valence-electron chi connectivity index (χ1n) is 11.7. The Balaban J connectivity index is 1.74. The summed E-state index contributed by atoms with van der Waals surface area (Å²) in [5.41, 5.74) is 1.11. The molecule has 4 rings (SSSR count). The molecule has 0 saturated heterocycles. The predicted molar refractivity (Wildman–Crippen MR) is 129 cm³/mol. The topological polar surface area (TPSA) is 67.2 Å². The van der Waals surface area contributed by atoms with Crippen molar-refractivity contribution < 1.29 is 9.59 Å². The number of benzene rings is 1. The standard InChI is InChI=1S/C25H34N4O2S/c1-17(2)21-15-22-23(30)29(19-12-9-13-20(14-19)32-4)25(3,16-28(22)27-21)24(31)26-18-10-7-5-6-8-11-18/h9,12-15,17-18H,5-8,10-11,16H2,1-4H3,(H,26,31).